The number of likely N-dealkylation sites (N-methyl/N-ethyl adjacent to an activating group) is 2. The number of nitrogens with zero attached hydrogens (tertiary/aromatic N) is 3. The fraction of sp³-hybridized carbons (Fsp3) is 0.364. The Morgan fingerprint density at radius 2 is 1.86 bits per heavy atom. The van der Waals surface area contributed by atoms with Crippen LogP contribution in [0.5, 0.6) is 0 Å². The van der Waals surface area contributed by atoms with Crippen LogP contribution >= 0.6 is 0 Å². The molecule has 0 N–H and O–H groups in total. The third-order valence-corrected chi connectivity index (χ3v) is 5.79. The molecule has 0 saturated carbocycles. The van der Waals surface area contributed by atoms with Crippen molar-refractivity contribution in [2.45, 2.75) is 25.3 Å². The molecule has 0 aliphatic carbocycles. The highest BCUT2D eigenvalue weighted by Gasteiger charge is 2.39. The van der Waals surface area contributed by atoms with Crippen molar-refractivity contribution >= 4 is 11.8 Å². The highest BCUT2D eigenvalue weighted by molar-refractivity contribution is 5.63. The number of benzene rings is 2. The number of hydrogen-bond acceptors (Lipinski definition) is 4. The zero-order chi connectivity index (χ0) is 20.3. The number of hydrogen-bond donors (Lipinski definition) is 0. The van der Waals surface area contributed by atoms with E-state index < -0.39 is 0 Å². The number of nitro benzene ring substituents is 1. The molecule has 0 aromatic heterocycles. The van der Waals surface area contributed by atoms with Crippen molar-refractivity contribution in [3.05, 3.63) is 81.3 Å². The first-order chi connectivity index (χ1) is 13.3. The summed E-state index contributed by atoms with van der Waals surface area (Å²) >= 11 is 0. The van der Waals surface area contributed by atoms with Gasteiger partial charge in [-0.1, -0.05) is 31.2 Å². The summed E-state index contributed by atoms with van der Waals surface area (Å²) in [6, 6.07) is 13.5. The Morgan fingerprint density at radius 3 is 2.50 bits per heavy atom. The Kier molecular flexibility index (Phi) is 5.79. The van der Waals surface area contributed by atoms with Crippen molar-refractivity contribution in [2.75, 3.05) is 27.2 Å². The molecule has 0 radical (unpaired) electrons. The maximum Gasteiger partial charge on any atom is 0.276 e. The monoisotopic (exact) mass is 383 g/mol. The van der Waals surface area contributed by atoms with E-state index in [0.29, 0.717) is 12.1 Å². The van der Waals surface area contributed by atoms with Gasteiger partial charge in [-0.25, -0.2) is 4.39 Å². The van der Waals surface area contributed by atoms with E-state index in [1.165, 1.54) is 18.2 Å². The third-order valence-electron chi connectivity index (χ3n) is 5.79. The smallest absolute Gasteiger partial charge is 0.276 e. The molecule has 3 rings (SSSR count). The zero-order valence-corrected chi connectivity index (χ0v) is 16.6. The molecular weight excluding hydrogens is 357 g/mol. The van der Waals surface area contributed by atoms with Crippen LogP contribution in [0.15, 0.2) is 54.2 Å². The molecule has 2 aromatic rings. The second kappa shape index (κ2) is 8.10. The van der Waals surface area contributed by atoms with E-state index in [0.717, 1.165) is 30.6 Å². The van der Waals surface area contributed by atoms with E-state index in [9.17, 15) is 14.5 Å². The van der Waals surface area contributed by atoms with Gasteiger partial charge in [-0.3, -0.25) is 15.0 Å². The maximum absolute atomic E-state index is 13.3. The lowest BCUT2D eigenvalue weighted by Gasteiger charge is -2.50. The van der Waals surface area contributed by atoms with Gasteiger partial charge >= 0.3 is 0 Å². The summed E-state index contributed by atoms with van der Waals surface area (Å²) < 4.78 is 13.3. The molecule has 1 aliphatic rings. The second-order valence-corrected chi connectivity index (χ2v) is 7.54. The molecule has 2 aromatic carbocycles. The van der Waals surface area contributed by atoms with Gasteiger partial charge in [0.25, 0.3) is 5.69 Å². The largest absolute Gasteiger partial charge is 0.375 e. The molecule has 1 atom stereocenters. The number of nitro groups is 1. The van der Waals surface area contributed by atoms with Crippen LogP contribution in [-0.4, -0.2) is 47.4 Å². The first kappa shape index (κ1) is 20.0. The van der Waals surface area contributed by atoms with Gasteiger partial charge in [-0.15, -0.1) is 0 Å². The van der Waals surface area contributed by atoms with Crippen molar-refractivity contribution in [1.29, 1.82) is 0 Å². The van der Waals surface area contributed by atoms with E-state index in [1.807, 2.05) is 31.3 Å². The first-order valence-corrected chi connectivity index (χ1v) is 9.45. The van der Waals surface area contributed by atoms with Gasteiger partial charge in [-0.05, 0) is 49.7 Å². The molecule has 148 valence electrons. The van der Waals surface area contributed by atoms with Gasteiger partial charge < -0.3 is 4.90 Å². The summed E-state index contributed by atoms with van der Waals surface area (Å²) in [5.74, 6) is -0.224. The van der Waals surface area contributed by atoms with Crippen LogP contribution < -0.4 is 0 Å². The Labute approximate surface area is 165 Å². The molecule has 0 spiro atoms. The van der Waals surface area contributed by atoms with Crippen molar-refractivity contribution in [2.24, 2.45) is 0 Å². The summed E-state index contributed by atoms with van der Waals surface area (Å²) in [6.07, 6.45) is 3.68. The Morgan fingerprint density at radius 1 is 1.18 bits per heavy atom. The minimum atomic E-state index is -0.343. The van der Waals surface area contributed by atoms with Crippen molar-refractivity contribution in [3.63, 3.8) is 0 Å². The molecule has 0 bridgehead atoms. The van der Waals surface area contributed by atoms with E-state index in [2.05, 4.69) is 23.8 Å². The van der Waals surface area contributed by atoms with E-state index in [4.69, 9.17) is 0 Å². The Balaban J connectivity index is 1.86. The molecule has 1 unspecified atom stereocenters. The minimum absolute atomic E-state index is 0.0768. The quantitative estimate of drug-likeness (QED) is 0.569. The fourth-order valence-corrected chi connectivity index (χ4v) is 3.99. The molecule has 28 heavy (non-hydrogen) atoms. The summed E-state index contributed by atoms with van der Waals surface area (Å²) in [5.41, 5.74) is 2.80. The predicted molar refractivity (Wildman–Crippen MR) is 109 cm³/mol. The normalized spacial score (nSPS) is 21.9. The lowest BCUT2D eigenvalue weighted by molar-refractivity contribution is -0.385. The molecule has 6 heteroatoms. The highest BCUT2D eigenvalue weighted by Crippen LogP contribution is 2.32. The molecule has 1 fully saturated rings. The SMILES string of the molecule is CCC1(Cc2ccc(F)cc2)CN(C)C(=Cc2ccccc2[N+](=O)[O-])CN1C. The van der Waals surface area contributed by atoms with Gasteiger partial charge in [0.05, 0.1) is 10.5 Å². The zero-order valence-electron chi connectivity index (χ0n) is 16.6. The number of para-hydroxylation sites is 1. The third kappa shape index (κ3) is 4.07. The van der Waals surface area contributed by atoms with Crippen molar-refractivity contribution in [3.8, 4) is 0 Å². The Hall–Kier alpha value is -2.73. The first-order valence-electron chi connectivity index (χ1n) is 9.45. The number of rotatable bonds is 5. The summed E-state index contributed by atoms with van der Waals surface area (Å²) in [7, 11) is 4.12. The van der Waals surface area contributed by atoms with Gasteiger partial charge in [0.1, 0.15) is 5.82 Å². The Bertz CT molecular complexity index is 882. The van der Waals surface area contributed by atoms with E-state index in [1.54, 1.807) is 12.1 Å². The molecule has 1 saturated heterocycles. The van der Waals surface area contributed by atoms with E-state index in [-0.39, 0.29) is 22.0 Å². The summed E-state index contributed by atoms with van der Waals surface area (Å²) in [5, 5.41) is 11.3. The van der Waals surface area contributed by atoms with Crippen LogP contribution in [0.3, 0.4) is 0 Å². The predicted octanol–water partition coefficient (Wildman–Crippen LogP) is 4.34. The topological polar surface area (TPSA) is 49.6 Å². The number of halogens is 1. The lowest BCUT2D eigenvalue weighted by Crippen LogP contribution is -2.59. The summed E-state index contributed by atoms with van der Waals surface area (Å²) in [6.45, 7) is 3.66. The van der Waals surface area contributed by atoms with Crippen LogP contribution in [0.2, 0.25) is 0 Å². The molecule has 1 heterocycles. The average molecular weight is 383 g/mol. The average Bonchev–Trinajstić information content (AvgIpc) is 2.67. The van der Waals surface area contributed by atoms with E-state index >= 15 is 0 Å². The fourth-order valence-electron chi connectivity index (χ4n) is 3.99. The molecule has 5 nitrogen and oxygen atoms in total. The molecule has 0 amide bonds. The van der Waals surface area contributed by atoms with Crippen molar-refractivity contribution in [1.82, 2.24) is 9.80 Å². The van der Waals surface area contributed by atoms with Crippen LogP contribution in [-0.2, 0) is 6.42 Å². The van der Waals surface area contributed by atoms with Gasteiger partial charge in [0.15, 0.2) is 0 Å². The number of piperazine rings is 1. The lowest BCUT2D eigenvalue weighted by atomic mass is 9.84. The second-order valence-electron chi connectivity index (χ2n) is 7.54. The van der Waals surface area contributed by atoms with Crippen LogP contribution in [0.1, 0.15) is 24.5 Å². The standard InChI is InChI=1S/C22H26FN3O2/c1-4-22(14-17-9-11-19(23)12-10-17)16-24(2)20(15-25(22)3)13-18-7-5-6-8-21(18)26(27)28/h5-13H,4,14-16H2,1-3H3. The van der Waals surface area contributed by atoms with Crippen LogP contribution in [0.4, 0.5) is 10.1 Å². The van der Waals surface area contributed by atoms with Gasteiger partial charge in [0, 0.05) is 37.4 Å². The maximum atomic E-state index is 13.3. The molecule has 1 aliphatic heterocycles. The highest BCUT2D eigenvalue weighted by atomic mass is 19.1. The van der Waals surface area contributed by atoms with Crippen LogP contribution in [0, 0.1) is 15.9 Å². The van der Waals surface area contributed by atoms with Crippen LogP contribution in [0.25, 0.3) is 6.08 Å². The summed E-state index contributed by atoms with van der Waals surface area (Å²) in [4.78, 5) is 15.5. The van der Waals surface area contributed by atoms with Gasteiger partial charge in [-0.2, -0.15) is 0 Å². The van der Waals surface area contributed by atoms with Gasteiger partial charge in [0.2, 0.25) is 0 Å². The van der Waals surface area contributed by atoms with Crippen molar-refractivity contribution < 1.29 is 9.31 Å². The minimum Gasteiger partial charge on any atom is -0.375 e. The molecular formula is C22H26FN3O2.